The Hall–Kier alpha value is -0.120. The monoisotopic (exact) mass is 214 g/mol. The van der Waals surface area contributed by atoms with Crippen LogP contribution in [0.25, 0.3) is 0 Å². The average molecular weight is 214 g/mol. The molecule has 1 unspecified atom stereocenters. The van der Waals surface area contributed by atoms with Crippen molar-refractivity contribution in [3.05, 3.63) is 0 Å². The zero-order chi connectivity index (χ0) is 11.1. The third kappa shape index (κ3) is 4.96. The first-order chi connectivity index (χ1) is 7.16. The smallest absolute Gasteiger partial charge is 0.0483 e. The van der Waals surface area contributed by atoms with Crippen molar-refractivity contribution in [1.82, 2.24) is 5.32 Å². The van der Waals surface area contributed by atoms with Gasteiger partial charge in [0.2, 0.25) is 0 Å². The molecule has 0 bridgehead atoms. The fraction of sp³-hybridized carbons (Fsp3) is 1.00. The molecule has 0 saturated carbocycles. The van der Waals surface area contributed by atoms with Gasteiger partial charge in [0.05, 0.1) is 0 Å². The normalized spacial score (nSPS) is 22.6. The van der Waals surface area contributed by atoms with Crippen molar-refractivity contribution in [2.75, 3.05) is 19.8 Å². The first-order valence-corrected chi connectivity index (χ1v) is 6.24. The predicted molar refractivity (Wildman–Crippen MR) is 64.0 cm³/mol. The van der Waals surface area contributed by atoms with Crippen molar-refractivity contribution >= 4 is 0 Å². The highest BCUT2D eigenvalue weighted by molar-refractivity contribution is 4.86. The molecule has 3 N–H and O–H groups in total. The highest BCUT2D eigenvalue weighted by Gasteiger charge is 2.26. The lowest BCUT2D eigenvalue weighted by Crippen LogP contribution is -2.50. The molecule has 90 valence electrons. The van der Waals surface area contributed by atoms with Gasteiger partial charge in [-0.2, -0.15) is 0 Å². The number of nitrogens with two attached hydrogens (primary N) is 1. The second-order valence-corrected chi connectivity index (χ2v) is 4.96. The third-order valence-electron chi connectivity index (χ3n) is 3.32. The fourth-order valence-electron chi connectivity index (χ4n) is 1.94. The topological polar surface area (TPSA) is 47.3 Å². The molecule has 0 aliphatic carbocycles. The van der Waals surface area contributed by atoms with E-state index in [2.05, 4.69) is 19.2 Å². The van der Waals surface area contributed by atoms with Crippen LogP contribution in [0.2, 0.25) is 0 Å². The zero-order valence-corrected chi connectivity index (χ0v) is 10.2. The van der Waals surface area contributed by atoms with Crippen LogP contribution in [0.3, 0.4) is 0 Å². The number of ether oxygens (including phenoxy) is 1. The van der Waals surface area contributed by atoms with Gasteiger partial charge in [-0.05, 0) is 26.2 Å². The van der Waals surface area contributed by atoms with E-state index in [-0.39, 0.29) is 5.54 Å². The number of hydrogen-bond donors (Lipinski definition) is 2. The molecule has 15 heavy (non-hydrogen) atoms. The molecule has 1 heterocycles. The van der Waals surface area contributed by atoms with Gasteiger partial charge < -0.3 is 15.8 Å². The van der Waals surface area contributed by atoms with Gasteiger partial charge in [0.1, 0.15) is 0 Å². The summed E-state index contributed by atoms with van der Waals surface area (Å²) in [5.41, 5.74) is 6.29. The van der Waals surface area contributed by atoms with E-state index in [1.807, 2.05) is 0 Å². The minimum Gasteiger partial charge on any atom is -0.381 e. The van der Waals surface area contributed by atoms with Crippen molar-refractivity contribution in [2.45, 2.75) is 57.5 Å². The Bertz CT molecular complexity index is 167. The maximum Gasteiger partial charge on any atom is 0.0483 e. The van der Waals surface area contributed by atoms with E-state index < -0.39 is 0 Å². The summed E-state index contributed by atoms with van der Waals surface area (Å²) in [5.74, 6) is 0. The number of hydrogen-bond acceptors (Lipinski definition) is 3. The zero-order valence-electron chi connectivity index (χ0n) is 10.2. The molecule has 0 aromatic heterocycles. The Balaban J connectivity index is 2.16. The Labute approximate surface area is 93.8 Å². The quantitative estimate of drug-likeness (QED) is 0.707. The van der Waals surface area contributed by atoms with Gasteiger partial charge in [-0.1, -0.05) is 19.8 Å². The van der Waals surface area contributed by atoms with Crippen LogP contribution in [0.4, 0.5) is 0 Å². The van der Waals surface area contributed by atoms with Gasteiger partial charge in [-0.25, -0.2) is 0 Å². The number of rotatable bonds is 6. The standard InChI is InChI=1S/C12H26N2O/c1-3-4-5-11(13)10-14-12(2)6-8-15-9-7-12/h11,14H,3-10,13H2,1-2H3. The molecule has 0 amide bonds. The van der Waals surface area contributed by atoms with E-state index in [1.54, 1.807) is 0 Å². The second-order valence-electron chi connectivity index (χ2n) is 4.96. The molecule has 0 spiro atoms. The van der Waals surface area contributed by atoms with Gasteiger partial charge in [-0.3, -0.25) is 0 Å². The first kappa shape index (κ1) is 12.9. The molecule has 1 rings (SSSR count). The van der Waals surface area contributed by atoms with E-state index in [0.29, 0.717) is 6.04 Å². The molecule has 0 radical (unpaired) electrons. The predicted octanol–water partition coefficient (Wildman–Crippen LogP) is 1.66. The summed E-state index contributed by atoms with van der Waals surface area (Å²) < 4.78 is 5.37. The molecule has 3 nitrogen and oxygen atoms in total. The maximum atomic E-state index is 6.04. The van der Waals surface area contributed by atoms with Gasteiger partial charge in [0.15, 0.2) is 0 Å². The molecule has 1 aliphatic heterocycles. The van der Waals surface area contributed by atoms with Gasteiger partial charge in [-0.15, -0.1) is 0 Å². The van der Waals surface area contributed by atoms with Crippen molar-refractivity contribution in [2.24, 2.45) is 5.73 Å². The first-order valence-electron chi connectivity index (χ1n) is 6.24. The van der Waals surface area contributed by atoms with Crippen LogP contribution < -0.4 is 11.1 Å². The molecule has 1 fully saturated rings. The molecule has 0 aromatic carbocycles. The SMILES string of the molecule is CCCCC(N)CNC1(C)CCOCC1. The maximum absolute atomic E-state index is 6.04. The number of unbranched alkanes of at least 4 members (excludes halogenated alkanes) is 1. The van der Waals surface area contributed by atoms with Crippen molar-refractivity contribution in [1.29, 1.82) is 0 Å². The van der Waals surface area contributed by atoms with Crippen LogP contribution in [0.5, 0.6) is 0 Å². The highest BCUT2D eigenvalue weighted by Crippen LogP contribution is 2.19. The molecular formula is C12H26N2O. The van der Waals surface area contributed by atoms with E-state index in [4.69, 9.17) is 10.5 Å². The van der Waals surface area contributed by atoms with Crippen LogP contribution in [-0.4, -0.2) is 31.3 Å². The summed E-state index contributed by atoms with van der Waals surface area (Å²) in [6.07, 6.45) is 5.82. The van der Waals surface area contributed by atoms with Gasteiger partial charge >= 0.3 is 0 Å². The van der Waals surface area contributed by atoms with Crippen molar-refractivity contribution in [3.8, 4) is 0 Å². The summed E-state index contributed by atoms with van der Waals surface area (Å²) in [7, 11) is 0. The summed E-state index contributed by atoms with van der Waals surface area (Å²) in [5, 5.41) is 3.60. The lowest BCUT2D eigenvalue weighted by molar-refractivity contribution is 0.0447. The minimum absolute atomic E-state index is 0.252. The third-order valence-corrected chi connectivity index (χ3v) is 3.32. The van der Waals surface area contributed by atoms with Crippen LogP contribution in [-0.2, 0) is 4.74 Å². The van der Waals surface area contributed by atoms with Gasteiger partial charge in [0.25, 0.3) is 0 Å². The molecule has 1 saturated heterocycles. The Kier molecular flexibility index (Phi) is 5.58. The molecule has 1 atom stereocenters. The molecule has 0 aromatic rings. The van der Waals surface area contributed by atoms with Crippen molar-refractivity contribution < 1.29 is 4.74 Å². The van der Waals surface area contributed by atoms with E-state index in [0.717, 1.165) is 39.0 Å². The minimum atomic E-state index is 0.252. The summed E-state index contributed by atoms with van der Waals surface area (Å²) in [4.78, 5) is 0. The fourth-order valence-corrected chi connectivity index (χ4v) is 1.94. The van der Waals surface area contributed by atoms with Crippen LogP contribution in [0.1, 0.15) is 46.0 Å². The molecule has 3 heteroatoms. The largest absolute Gasteiger partial charge is 0.381 e. The van der Waals surface area contributed by atoms with Crippen LogP contribution >= 0.6 is 0 Å². The summed E-state index contributed by atoms with van der Waals surface area (Å²) >= 11 is 0. The van der Waals surface area contributed by atoms with Crippen LogP contribution in [0, 0.1) is 0 Å². The lowest BCUT2D eigenvalue weighted by Gasteiger charge is -2.35. The number of nitrogens with one attached hydrogen (secondary N) is 1. The van der Waals surface area contributed by atoms with Crippen LogP contribution in [0.15, 0.2) is 0 Å². The Morgan fingerprint density at radius 3 is 2.67 bits per heavy atom. The van der Waals surface area contributed by atoms with E-state index in [9.17, 15) is 0 Å². The molecule has 1 aliphatic rings. The molecular weight excluding hydrogens is 188 g/mol. The van der Waals surface area contributed by atoms with Gasteiger partial charge in [0, 0.05) is 31.3 Å². The van der Waals surface area contributed by atoms with E-state index >= 15 is 0 Å². The average Bonchev–Trinajstić information content (AvgIpc) is 2.25. The van der Waals surface area contributed by atoms with E-state index in [1.165, 1.54) is 12.8 Å². The van der Waals surface area contributed by atoms with Crippen molar-refractivity contribution in [3.63, 3.8) is 0 Å². The summed E-state index contributed by atoms with van der Waals surface area (Å²) in [6, 6.07) is 0.310. The lowest BCUT2D eigenvalue weighted by atomic mass is 9.92. The highest BCUT2D eigenvalue weighted by atomic mass is 16.5. The Morgan fingerprint density at radius 2 is 2.07 bits per heavy atom. The Morgan fingerprint density at radius 1 is 1.40 bits per heavy atom. The summed E-state index contributed by atoms with van der Waals surface area (Å²) in [6.45, 7) is 7.19. The second kappa shape index (κ2) is 6.46.